The van der Waals surface area contributed by atoms with E-state index in [1.54, 1.807) is 16.4 Å². The van der Waals surface area contributed by atoms with E-state index in [0.717, 1.165) is 31.5 Å². The Hall–Kier alpha value is -0.910. The molecule has 1 heterocycles. The maximum atomic E-state index is 12.5. The van der Waals surface area contributed by atoms with Gasteiger partial charge in [-0.25, -0.2) is 8.42 Å². The van der Waals surface area contributed by atoms with Crippen molar-refractivity contribution in [3.05, 3.63) is 29.8 Å². The second kappa shape index (κ2) is 6.70. The molecule has 0 amide bonds. The molecule has 0 saturated carbocycles. The minimum atomic E-state index is -3.31. The monoisotopic (exact) mass is 296 g/mol. The summed E-state index contributed by atoms with van der Waals surface area (Å²) in [4.78, 5) is 0.410. The van der Waals surface area contributed by atoms with Crippen LogP contribution < -0.4 is 5.32 Å². The van der Waals surface area contributed by atoms with Crippen molar-refractivity contribution in [2.45, 2.75) is 38.1 Å². The summed E-state index contributed by atoms with van der Waals surface area (Å²) in [6.07, 6.45) is 1.91. The third-order valence-electron chi connectivity index (χ3n) is 3.88. The molecule has 112 valence electrons. The second-order valence-electron chi connectivity index (χ2n) is 5.51. The van der Waals surface area contributed by atoms with Crippen LogP contribution in [-0.2, 0) is 16.6 Å². The molecule has 4 nitrogen and oxygen atoms in total. The minimum absolute atomic E-state index is 0.410. The van der Waals surface area contributed by atoms with Gasteiger partial charge in [0.2, 0.25) is 10.0 Å². The Bertz CT molecular complexity index is 517. The molecule has 0 atom stereocenters. The van der Waals surface area contributed by atoms with Crippen molar-refractivity contribution in [3.8, 4) is 0 Å². The molecule has 1 aliphatic rings. The molecule has 0 spiro atoms. The molecule has 5 heteroatoms. The van der Waals surface area contributed by atoms with Crippen LogP contribution in [0.1, 0.15) is 32.3 Å². The molecule has 1 fully saturated rings. The molecular weight excluding hydrogens is 272 g/mol. The highest BCUT2D eigenvalue weighted by atomic mass is 32.2. The lowest BCUT2D eigenvalue weighted by molar-refractivity contribution is 0.288. The lowest BCUT2D eigenvalue weighted by Gasteiger charge is -2.29. The fraction of sp³-hybridized carbons (Fsp3) is 0.600. The number of rotatable bonds is 5. The number of benzene rings is 1. The van der Waals surface area contributed by atoms with Gasteiger partial charge >= 0.3 is 0 Å². The molecule has 0 bridgehead atoms. The maximum Gasteiger partial charge on any atom is 0.243 e. The summed E-state index contributed by atoms with van der Waals surface area (Å²) in [7, 11) is -3.31. The van der Waals surface area contributed by atoms with E-state index in [9.17, 15) is 8.42 Å². The standard InChI is InChI=1S/C15H24N2O2S/c1-3-16-12-14-4-6-15(7-5-14)20(18,19)17-10-8-13(2)9-11-17/h4-7,13,16H,3,8-12H2,1-2H3. The van der Waals surface area contributed by atoms with E-state index in [2.05, 4.69) is 19.2 Å². The zero-order valence-electron chi connectivity index (χ0n) is 12.3. The molecule has 1 aromatic rings. The lowest BCUT2D eigenvalue weighted by Crippen LogP contribution is -2.37. The van der Waals surface area contributed by atoms with Crippen molar-refractivity contribution >= 4 is 10.0 Å². The van der Waals surface area contributed by atoms with Crippen molar-refractivity contribution in [2.24, 2.45) is 5.92 Å². The molecule has 2 rings (SSSR count). The van der Waals surface area contributed by atoms with Crippen molar-refractivity contribution in [2.75, 3.05) is 19.6 Å². The predicted molar refractivity (Wildman–Crippen MR) is 81.0 cm³/mol. The summed E-state index contributed by atoms with van der Waals surface area (Å²) >= 11 is 0. The molecule has 1 N–H and O–H groups in total. The van der Waals surface area contributed by atoms with Crippen LogP contribution >= 0.6 is 0 Å². The molecule has 0 unspecified atom stereocenters. The summed E-state index contributed by atoms with van der Waals surface area (Å²) < 4.78 is 26.7. The minimum Gasteiger partial charge on any atom is -0.313 e. The van der Waals surface area contributed by atoms with Gasteiger partial charge in [0.1, 0.15) is 0 Å². The average Bonchev–Trinajstić information content (AvgIpc) is 2.46. The van der Waals surface area contributed by atoms with Gasteiger partial charge in [0.25, 0.3) is 0 Å². The third-order valence-corrected chi connectivity index (χ3v) is 5.80. The molecule has 0 aliphatic carbocycles. The first-order valence-corrected chi connectivity index (χ1v) is 8.78. The summed E-state index contributed by atoms with van der Waals surface area (Å²) in [5, 5.41) is 3.23. The van der Waals surface area contributed by atoms with Gasteiger partial charge in [-0.05, 0) is 43.0 Å². The Morgan fingerprint density at radius 2 is 1.80 bits per heavy atom. The molecule has 1 saturated heterocycles. The van der Waals surface area contributed by atoms with Crippen molar-refractivity contribution in [3.63, 3.8) is 0 Å². The van der Waals surface area contributed by atoms with E-state index >= 15 is 0 Å². The SMILES string of the molecule is CCNCc1ccc(S(=O)(=O)N2CCC(C)CC2)cc1. The highest BCUT2D eigenvalue weighted by Crippen LogP contribution is 2.23. The maximum absolute atomic E-state index is 12.5. The Morgan fingerprint density at radius 1 is 1.20 bits per heavy atom. The van der Waals surface area contributed by atoms with E-state index in [1.807, 2.05) is 12.1 Å². The number of piperidine rings is 1. The van der Waals surface area contributed by atoms with E-state index in [1.165, 1.54) is 0 Å². The van der Waals surface area contributed by atoms with E-state index in [4.69, 9.17) is 0 Å². The van der Waals surface area contributed by atoms with Crippen LogP contribution in [0.5, 0.6) is 0 Å². The Morgan fingerprint density at radius 3 is 2.35 bits per heavy atom. The first kappa shape index (κ1) is 15.5. The van der Waals surface area contributed by atoms with Crippen LogP contribution in [0.15, 0.2) is 29.2 Å². The van der Waals surface area contributed by atoms with Gasteiger partial charge in [0.05, 0.1) is 4.90 Å². The largest absolute Gasteiger partial charge is 0.313 e. The lowest BCUT2D eigenvalue weighted by atomic mass is 10.0. The molecule has 1 aromatic carbocycles. The number of hydrogen-bond donors (Lipinski definition) is 1. The molecule has 20 heavy (non-hydrogen) atoms. The predicted octanol–water partition coefficient (Wildman–Crippen LogP) is 2.22. The fourth-order valence-electron chi connectivity index (χ4n) is 2.42. The van der Waals surface area contributed by atoms with Crippen molar-refractivity contribution in [1.29, 1.82) is 0 Å². The van der Waals surface area contributed by atoms with Crippen molar-refractivity contribution in [1.82, 2.24) is 9.62 Å². The summed E-state index contributed by atoms with van der Waals surface area (Å²) in [5.41, 5.74) is 1.11. The Balaban J connectivity index is 2.09. The first-order valence-electron chi connectivity index (χ1n) is 7.34. The van der Waals surface area contributed by atoms with E-state index in [0.29, 0.717) is 23.9 Å². The van der Waals surface area contributed by atoms with Gasteiger partial charge in [-0.15, -0.1) is 0 Å². The number of sulfonamides is 1. The zero-order chi connectivity index (χ0) is 14.6. The van der Waals surface area contributed by atoms with Crippen LogP contribution in [-0.4, -0.2) is 32.4 Å². The normalized spacial score (nSPS) is 18.3. The Labute approximate surface area is 122 Å². The summed E-state index contributed by atoms with van der Waals surface area (Å²) in [6.45, 7) is 7.20. The van der Waals surface area contributed by atoms with Gasteiger partial charge in [-0.3, -0.25) is 0 Å². The van der Waals surface area contributed by atoms with Gasteiger partial charge in [0, 0.05) is 19.6 Å². The van der Waals surface area contributed by atoms with Crippen LogP contribution in [0.4, 0.5) is 0 Å². The van der Waals surface area contributed by atoms with Crippen LogP contribution in [0.3, 0.4) is 0 Å². The van der Waals surface area contributed by atoms with Gasteiger partial charge in [-0.1, -0.05) is 26.0 Å². The third kappa shape index (κ3) is 3.59. The first-order chi connectivity index (χ1) is 9.54. The topological polar surface area (TPSA) is 49.4 Å². The summed E-state index contributed by atoms with van der Waals surface area (Å²) in [5.74, 6) is 0.629. The van der Waals surface area contributed by atoms with Gasteiger partial charge < -0.3 is 5.32 Å². The molecule has 0 radical (unpaired) electrons. The number of nitrogens with zero attached hydrogens (tertiary/aromatic N) is 1. The molecule has 0 aromatic heterocycles. The van der Waals surface area contributed by atoms with Gasteiger partial charge in [0.15, 0.2) is 0 Å². The molecule has 1 aliphatic heterocycles. The van der Waals surface area contributed by atoms with Crippen LogP contribution in [0, 0.1) is 5.92 Å². The number of hydrogen-bond acceptors (Lipinski definition) is 3. The molecular formula is C15H24N2O2S. The second-order valence-corrected chi connectivity index (χ2v) is 7.45. The summed E-state index contributed by atoms with van der Waals surface area (Å²) in [6, 6.07) is 7.23. The van der Waals surface area contributed by atoms with Crippen LogP contribution in [0.25, 0.3) is 0 Å². The quantitative estimate of drug-likeness (QED) is 0.906. The fourth-order valence-corrected chi connectivity index (χ4v) is 3.89. The van der Waals surface area contributed by atoms with E-state index < -0.39 is 10.0 Å². The highest BCUT2D eigenvalue weighted by Gasteiger charge is 2.27. The number of nitrogens with one attached hydrogen (secondary N) is 1. The van der Waals surface area contributed by atoms with Gasteiger partial charge in [-0.2, -0.15) is 4.31 Å². The van der Waals surface area contributed by atoms with Crippen molar-refractivity contribution < 1.29 is 8.42 Å². The van der Waals surface area contributed by atoms with E-state index in [-0.39, 0.29) is 0 Å². The smallest absolute Gasteiger partial charge is 0.243 e. The zero-order valence-corrected chi connectivity index (χ0v) is 13.1. The Kier molecular flexibility index (Phi) is 5.18. The highest BCUT2D eigenvalue weighted by molar-refractivity contribution is 7.89. The average molecular weight is 296 g/mol. The van der Waals surface area contributed by atoms with Crippen LogP contribution in [0.2, 0.25) is 0 Å².